The Morgan fingerprint density at radius 3 is 2.58 bits per heavy atom. The zero-order valence-electron chi connectivity index (χ0n) is 15.0. The van der Waals surface area contributed by atoms with E-state index in [1.807, 2.05) is 37.4 Å². The highest BCUT2D eigenvalue weighted by atomic mass is 32.2. The third-order valence-electron chi connectivity index (χ3n) is 5.15. The number of nitrogens with zero attached hydrogens (tertiary/aromatic N) is 1. The molecule has 3 atom stereocenters. The van der Waals surface area contributed by atoms with Crippen LogP contribution in [-0.4, -0.2) is 55.5 Å². The molecule has 8 heteroatoms. The van der Waals surface area contributed by atoms with E-state index in [1.54, 1.807) is 16.7 Å². The zero-order valence-corrected chi connectivity index (χ0v) is 16.6. The van der Waals surface area contributed by atoms with E-state index in [4.69, 9.17) is 0 Å². The Balaban J connectivity index is 1.59. The second-order valence-corrected chi connectivity index (χ2v) is 10.1. The molecule has 6 nitrogen and oxygen atoms in total. The summed E-state index contributed by atoms with van der Waals surface area (Å²) in [6.07, 6.45) is 2.64. The summed E-state index contributed by atoms with van der Waals surface area (Å²) in [6, 6.07) is 7.60. The normalized spacial score (nSPS) is 26.1. The molecule has 0 radical (unpaired) electrons. The van der Waals surface area contributed by atoms with Crippen LogP contribution in [0.2, 0.25) is 0 Å². The molecule has 3 rings (SSSR count). The minimum absolute atomic E-state index is 0.0191. The molecule has 26 heavy (non-hydrogen) atoms. The van der Waals surface area contributed by atoms with Gasteiger partial charge < -0.3 is 10.2 Å². The SMILES string of the molecule is CSc1ccc([C@H](C)NC(=O)[C@@H]2CC(=O)N([C@@H]3CCS(=O)(=O)C3)C2)cc1. The van der Waals surface area contributed by atoms with E-state index in [0.717, 1.165) is 10.5 Å². The van der Waals surface area contributed by atoms with E-state index in [9.17, 15) is 18.0 Å². The molecule has 0 bridgehead atoms. The highest BCUT2D eigenvalue weighted by Crippen LogP contribution is 2.27. The van der Waals surface area contributed by atoms with Crippen LogP contribution >= 0.6 is 11.8 Å². The standard InChI is InChI=1S/C18H24N2O4S2/c1-12(13-3-5-16(25-2)6-4-13)19-18(22)14-9-17(21)20(10-14)15-7-8-26(23,24)11-15/h3-6,12,14-15H,7-11H2,1-2H3,(H,19,22)/t12-,14+,15+/m0/s1. The maximum Gasteiger partial charge on any atom is 0.225 e. The highest BCUT2D eigenvalue weighted by Gasteiger charge is 2.42. The zero-order chi connectivity index (χ0) is 18.9. The molecule has 2 fully saturated rings. The van der Waals surface area contributed by atoms with E-state index >= 15 is 0 Å². The molecule has 1 aromatic rings. The minimum atomic E-state index is -3.05. The Bertz CT molecular complexity index is 792. The van der Waals surface area contributed by atoms with Gasteiger partial charge in [-0.25, -0.2) is 8.42 Å². The lowest BCUT2D eigenvalue weighted by Crippen LogP contribution is -2.39. The van der Waals surface area contributed by atoms with Crippen molar-refractivity contribution < 1.29 is 18.0 Å². The van der Waals surface area contributed by atoms with Crippen molar-refractivity contribution in [3.8, 4) is 0 Å². The Morgan fingerprint density at radius 2 is 2.00 bits per heavy atom. The summed E-state index contributed by atoms with van der Waals surface area (Å²) in [7, 11) is -3.05. The van der Waals surface area contributed by atoms with Crippen molar-refractivity contribution in [2.24, 2.45) is 5.92 Å². The average Bonchev–Trinajstić information content (AvgIpc) is 3.17. The molecule has 2 amide bonds. The lowest BCUT2D eigenvalue weighted by Gasteiger charge is -2.23. The third-order valence-corrected chi connectivity index (χ3v) is 7.65. The summed E-state index contributed by atoms with van der Waals surface area (Å²) in [5.74, 6) is -0.543. The van der Waals surface area contributed by atoms with Crippen LogP contribution in [0.5, 0.6) is 0 Å². The number of nitrogens with one attached hydrogen (secondary N) is 1. The number of hydrogen-bond acceptors (Lipinski definition) is 5. The summed E-state index contributed by atoms with van der Waals surface area (Å²) < 4.78 is 23.3. The molecule has 142 valence electrons. The van der Waals surface area contributed by atoms with Crippen molar-refractivity contribution in [3.63, 3.8) is 0 Å². The highest BCUT2D eigenvalue weighted by molar-refractivity contribution is 7.98. The topological polar surface area (TPSA) is 83.6 Å². The van der Waals surface area contributed by atoms with Gasteiger partial charge >= 0.3 is 0 Å². The fraction of sp³-hybridized carbons (Fsp3) is 0.556. The van der Waals surface area contributed by atoms with Crippen LogP contribution < -0.4 is 5.32 Å². The third kappa shape index (κ3) is 4.23. The first-order valence-electron chi connectivity index (χ1n) is 8.73. The van der Waals surface area contributed by atoms with E-state index in [1.165, 1.54) is 0 Å². The molecule has 0 aliphatic carbocycles. The number of sulfone groups is 1. The van der Waals surface area contributed by atoms with E-state index in [2.05, 4.69) is 5.32 Å². The number of rotatable bonds is 5. The summed E-state index contributed by atoms with van der Waals surface area (Å²) in [4.78, 5) is 27.6. The minimum Gasteiger partial charge on any atom is -0.349 e. The Hall–Kier alpha value is -1.54. The lowest BCUT2D eigenvalue weighted by molar-refractivity contribution is -0.130. The second kappa shape index (κ2) is 7.60. The molecule has 0 unspecified atom stereocenters. The van der Waals surface area contributed by atoms with E-state index < -0.39 is 15.8 Å². The largest absolute Gasteiger partial charge is 0.349 e. The first-order valence-corrected chi connectivity index (χ1v) is 11.8. The van der Waals surface area contributed by atoms with Crippen LogP contribution in [0.4, 0.5) is 0 Å². The van der Waals surface area contributed by atoms with Crippen molar-refractivity contribution in [3.05, 3.63) is 29.8 Å². The van der Waals surface area contributed by atoms with Crippen molar-refractivity contribution in [2.45, 2.75) is 36.7 Å². The molecule has 2 aliphatic heterocycles. The number of thioether (sulfide) groups is 1. The van der Waals surface area contributed by atoms with Gasteiger partial charge in [0, 0.05) is 23.9 Å². The monoisotopic (exact) mass is 396 g/mol. The molecule has 2 heterocycles. The van der Waals surface area contributed by atoms with Crippen molar-refractivity contribution in [1.82, 2.24) is 10.2 Å². The number of benzene rings is 1. The number of likely N-dealkylation sites (tertiary alicyclic amines) is 1. The number of hydrogen-bond donors (Lipinski definition) is 1. The van der Waals surface area contributed by atoms with Gasteiger partial charge in [0.1, 0.15) is 0 Å². The van der Waals surface area contributed by atoms with Gasteiger partial charge in [-0.2, -0.15) is 0 Å². The second-order valence-electron chi connectivity index (χ2n) is 7.01. The van der Waals surface area contributed by atoms with Crippen LogP contribution in [0.1, 0.15) is 31.4 Å². The van der Waals surface area contributed by atoms with Crippen LogP contribution in [-0.2, 0) is 19.4 Å². The molecular weight excluding hydrogens is 372 g/mol. The smallest absolute Gasteiger partial charge is 0.225 e. The van der Waals surface area contributed by atoms with Gasteiger partial charge in [-0.3, -0.25) is 9.59 Å². The van der Waals surface area contributed by atoms with Crippen LogP contribution in [0.15, 0.2) is 29.2 Å². The van der Waals surface area contributed by atoms with E-state index in [0.29, 0.717) is 13.0 Å². The Labute approximate surface area is 158 Å². The molecule has 0 saturated carbocycles. The quantitative estimate of drug-likeness (QED) is 0.765. The molecule has 2 aliphatic rings. The molecule has 0 aromatic heterocycles. The number of amides is 2. The average molecular weight is 397 g/mol. The fourth-order valence-corrected chi connectivity index (χ4v) is 5.73. The summed E-state index contributed by atoms with van der Waals surface area (Å²) in [6.45, 7) is 2.23. The van der Waals surface area contributed by atoms with Gasteiger partial charge in [0.2, 0.25) is 11.8 Å². The van der Waals surface area contributed by atoms with Gasteiger partial charge in [-0.15, -0.1) is 11.8 Å². The lowest BCUT2D eigenvalue weighted by atomic mass is 10.0. The van der Waals surface area contributed by atoms with Crippen molar-refractivity contribution in [2.75, 3.05) is 24.3 Å². The first kappa shape index (κ1) is 19.2. The predicted octanol–water partition coefficient (Wildman–Crippen LogP) is 1.62. The van der Waals surface area contributed by atoms with Gasteiger partial charge in [0.05, 0.1) is 23.5 Å². The molecule has 1 N–H and O–H groups in total. The molecule has 1 aromatic carbocycles. The predicted molar refractivity (Wildman–Crippen MR) is 102 cm³/mol. The van der Waals surface area contributed by atoms with E-state index in [-0.39, 0.29) is 41.8 Å². The van der Waals surface area contributed by atoms with Gasteiger partial charge in [0.25, 0.3) is 0 Å². The van der Waals surface area contributed by atoms with Crippen LogP contribution in [0.25, 0.3) is 0 Å². The van der Waals surface area contributed by atoms with Crippen molar-refractivity contribution >= 4 is 33.4 Å². The summed E-state index contributed by atoms with van der Waals surface area (Å²) in [5.41, 5.74) is 1.01. The molecular formula is C18H24N2O4S2. The Kier molecular flexibility index (Phi) is 5.62. The summed E-state index contributed by atoms with van der Waals surface area (Å²) in [5, 5.41) is 2.98. The van der Waals surface area contributed by atoms with Gasteiger partial charge in [-0.1, -0.05) is 12.1 Å². The maximum atomic E-state index is 12.6. The Morgan fingerprint density at radius 1 is 1.31 bits per heavy atom. The summed E-state index contributed by atoms with van der Waals surface area (Å²) >= 11 is 1.66. The number of carbonyl (C=O) groups is 2. The van der Waals surface area contributed by atoms with Gasteiger partial charge in [-0.05, 0) is 37.3 Å². The van der Waals surface area contributed by atoms with Crippen LogP contribution in [0, 0.1) is 5.92 Å². The van der Waals surface area contributed by atoms with Gasteiger partial charge in [0.15, 0.2) is 9.84 Å². The van der Waals surface area contributed by atoms with Crippen molar-refractivity contribution in [1.29, 1.82) is 0 Å². The number of carbonyl (C=O) groups excluding carboxylic acids is 2. The molecule has 0 spiro atoms. The fourth-order valence-electron chi connectivity index (χ4n) is 3.59. The maximum absolute atomic E-state index is 12.6. The molecule has 2 saturated heterocycles. The first-order chi connectivity index (χ1) is 12.3. The van der Waals surface area contributed by atoms with Crippen LogP contribution in [0.3, 0.4) is 0 Å².